The number of hydrogen-bond acceptors (Lipinski definition) is 5. The van der Waals surface area contributed by atoms with Crippen molar-refractivity contribution in [2.45, 2.75) is 37.6 Å². The third-order valence-electron chi connectivity index (χ3n) is 3.74. The number of anilines is 1. The second-order valence-corrected chi connectivity index (χ2v) is 8.91. The molecule has 0 saturated heterocycles. The van der Waals surface area contributed by atoms with E-state index in [9.17, 15) is 13.2 Å². The van der Waals surface area contributed by atoms with E-state index in [4.69, 9.17) is 9.47 Å². The van der Waals surface area contributed by atoms with Crippen molar-refractivity contribution < 1.29 is 22.7 Å². The van der Waals surface area contributed by atoms with Crippen molar-refractivity contribution >= 4 is 21.6 Å². The maximum atomic E-state index is 12.7. The highest BCUT2D eigenvalue weighted by Gasteiger charge is 2.25. The first-order valence-corrected chi connectivity index (χ1v) is 10.2. The molecule has 0 saturated carbocycles. The number of ether oxygens (including phenoxy) is 2. The predicted molar refractivity (Wildman–Crippen MR) is 108 cm³/mol. The number of sulfonamides is 1. The molecule has 0 radical (unpaired) electrons. The highest BCUT2D eigenvalue weighted by atomic mass is 32.2. The summed E-state index contributed by atoms with van der Waals surface area (Å²) >= 11 is 0. The molecule has 0 atom stereocenters. The van der Waals surface area contributed by atoms with Gasteiger partial charge in [0, 0.05) is 17.2 Å². The van der Waals surface area contributed by atoms with Crippen LogP contribution in [0.1, 0.15) is 26.3 Å². The van der Waals surface area contributed by atoms with Gasteiger partial charge in [0.25, 0.3) is 0 Å². The minimum Gasteiger partial charge on any atom is -0.497 e. The molecule has 2 aromatic rings. The Morgan fingerprint density at radius 1 is 1.04 bits per heavy atom. The van der Waals surface area contributed by atoms with Gasteiger partial charge < -0.3 is 14.8 Å². The molecule has 28 heavy (non-hydrogen) atoms. The van der Waals surface area contributed by atoms with Gasteiger partial charge in [-0.15, -0.1) is 0 Å². The van der Waals surface area contributed by atoms with Gasteiger partial charge in [-0.3, -0.25) is 4.79 Å². The summed E-state index contributed by atoms with van der Waals surface area (Å²) in [7, 11) is -0.739. The summed E-state index contributed by atoms with van der Waals surface area (Å²) in [5, 5.41) is 2.69. The highest BCUT2D eigenvalue weighted by molar-refractivity contribution is 7.89. The normalized spacial score (nSPS) is 11.8. The Bertz CT molecular complexity index is 949. The van der Waals surface area contributed by atoms with Gasteiger partial charge in [0.2, 0.25) is 15.9 Å². The average molecular weight is 407 g/mol. The van der Waals surface area contributed by atoms with Gasteiger partial charge in [-0.2, -0.15) is 0 Å². The Morgan fingerprint density at radius 3 is 2.32 bits per heavy atom. The lowest BCUT2D eigenvalue weighted by molar-refractivity contribution is -0.115. The molecule has 7 nitrogen and oxygen atoms in total. The van der Waals surface area contributed by atoms with E-state index in [1.54, 1.807) is 64.3 Å². The van der Waals surface area contributed by atoms with Crippen LogP contribution in [0.5, 0.6) is 11.5 Å². The second kappa shape index (κ2) is 8.62. The minimum atomic E-state index is -3.79. The zero-order valence-corrected chi connectivity index (χ0v) is 17.5. The van der Waals surface area contributed by atoms with Crippen molar-refractivity contribution in [3.63, 3.8) is 0 Å². The molecule has 0 fully saturated rings. The molecule has 0 aromatic heterocycles. The fourth-order valence-corrected chi connectivity index (χ4v) is 4.21. The maximum absolute atomic E-state index is 12.7. The first kappa shape index (κ1) is 21.7. The van der Waals surface area contributed by atoms with Crippen molar-refractivity contribution in [3.8, 4) is 11.5 Å². The van der Waals surface area contributed by atoms with Crippen molar-refractivity contribution in [2.75, 3.05) is 19.5 Å². The van der Waals surface area contributed by atoms with Crippen molar-refractivity contribution in [1.82, 2.24) is 4.72 Å². The van der Waals surface area contributed by atoms with Gasteiger partial charge >= 0.3 is 0 Å². The van der Waals surface area contributed by atoms with Crippen LogP contribution in [0.15, 0.2) is 47.4 Å². The molecule has 2 rings (SSSR count). The standard InChI is InChI=1S/C20H26N2O5S/c1-20(2,3)22-28(24,25)18-9-7-6-8-16(18)21-19(23)12-14-10-11-15(26-4)13-17(14)27-5/h6-11,13,22H,12H2,1-5H3,(H,21,23). The van der Waals surface area contributed by atoms with Gasteiger partial charge in [0.15, 0.2) is 0 Å². The third-order valence-corrected chi connectivity index (χ3v) is 5.55. The number of rotatable bonds is 7. The summed E-state index contributed by atoms with van der Waals surface area (Å²) in [6.07, 6.45) is 0.0221. The summed E-state index contributed by atoms with van der Waals surface area (Å²) in [5.41, 5.74) is 0.234. The molecule has 2 N–H and O–H groups in total. The van der Waals surface area contributed by atoms with Gasteiger partial charge in [-0.25, -0.2) is 13.1 Å². The summed E-state index contributed by atoms with van der Waals surface area (Å²) in [5.74, 6) is 0.775. The SMILES string of the molecule is COc1ccc(CC(=O)Nc2ccccc2S(=O)(=O)NC(C)(C)C)c(OC)c1. The maximum Gasteiger partial charge on any atom is 0.243 e. The van der Waals surface area contributed by atoms with Gasteiger partial charge in [0.05, 0.1) is 26.3 Å². The van der Waals surface area contributed by atoms with Crippen LogP contribution >= 0.6 is 0 Å². The molecule has 152 valence electrons. The fraction of sp³-hybridized carbons (Fsp3) is 0.350. The molecular weight excluding hydrogens is 380 g/mol. The molecule has 0 aliphatic heterocycles. The number of benzene rings is 2. The van der Waals surface area contributed by atoms with E-state index < -0.39 is 15.6 Å². The number of methoxy groups -OCH3 is 2. The predicted octanol–water partition coefficient (Wildman–Crippen LogP) is 2.96. The Morgan fingerprint density at radius 2 is 1.71 bits per heavy atom. The van der Waals surface area contributed by atoms with E-state index >= 15 is 0 Å². The zero-order chi connectivity index (χ0) is 20.9. The molecule has 0 spiro atoms. The van der Waals surface area contributed by atoms with E-state index in [0.29, 0.717) is 17.1 Å². The molecule has 0 aliphatic rings. The summed E-state index contributed by atoms with van der Waals surface area (Å²) in [6.45, 7) is 5.26. The van der Waals surface area contributed by atoms with E-state index in [1.807, 2.05) is 0 Å². The monoisotopic (exact) mass is 406 g/mol. The third kappa shape index (κ3) is 5.71. The first-order valence-electron chi connectivity index (χ1n) is 8.69. The number of nitrogens with one attached hydrogen (secondary N) is 2. The summed E-state index contributed by atoms with van der Waals surface area (Å²) in [6, 6.07) is 11.4. The minimum absolute atomic E-state index is 0.0139. The molecule has 0 bridgehead atoms. The number of carbonyl (C=O) groups is 1. The van der Waals surface area contributed by atoms with Crippen molar-refractivity contribution in [2.24, 2.45) is 0 Å². The van der Waals surface area contributed by atoms with Crippen LogP contribution in [-0.2, 0) is 21.2 Å². The molecule has 8 heteroatoms. The topological polar surface area (TPSA) is 93.7 Å². The lowest BCUT2D eigenvalue weighted by Crippen LogP contribution is -2.40. The summed E-state index contributed by atoms with van der Waals surface area (Å²) < 4.78 is 38.4. The lowest BCUT2D eigenvalue weighted by Gasteiger charge is -2.21. The van der Waals surface area contributed by atoms with E-state index in [1.165, 1.54) is 13.2 Å². The highest BCUT2D eigenvalue weighted by Crippen LogP contribution is 2.26. The Kier molecular flexibility index (Phi) is 6.69. The number of para-hydroxylation sites is 1. The van der Waals surface area contributed by atoms with Crippen LogP contribution in [0, 0.1) is 0 Å². The van der Waals surface area contributed by atoms with Gasteiger partial charge in [-0.1, -0.05) is 18.2 Å². The van der Waals surface area contributed by atoms with Crippen LogP contribution < -0.4 is 19.5 Å². The molecule has 0 unspecified atom stereocenters. The number of amides is 1. The molecule has 1 amide bonds. The number of carbonyl (C=O) groups excluding carboxylic acids is 1. The molecule has 2 aromatic carbocycles. The van der Waals surface area contributed by atoms with E-state index in [-0.39, 0.29) is 22.9 Å². The number of hydrogen-bond donors (Lipinski definition) is 2. The van der Waals surface area contributed by atoms with Crippen LogP contribution in [0.4, 0.5) is 5.69 Å². The zero-order valence-electron chi connectivity index (χ0n) is 16.7. The first-order chi connectivity index (χ1) is 13.1. The van der Waals surface area contributed by atoms with Crippen LogP contribution in [0.2, 0.25) is 0 Å². The molecule has 0 aliphatic carbocycles. The molecule has 0 heterocycles. The summed E-state index contributed by atoms with van der Waals surface area (Å²) in [4.78, 5) is 12.6. The Balaban J connectivity index is 2.24. The largest absolute Gasteiger partial charge is 0.497 e. The van der Waals surface area contributed by atoms with E-state index in [0.717, 1.165) is 0 Å². The Labute approximate surface area is 166 Å². The van der Waals surface area contributed by atoms with Gasteiger partial charge in [-0.05, 0) is 39.0 Å². The lowest BCUT2D eigenvalue weighted by atomic mass is 10.1. The van der Waals surface area contributed by atoms with Crippen molar-refractivity contribution in [3.05, 3.63) is 48.0 Å². The molecular formula is C20H26N2O5S. The quantitative estimate of drug-likeness (QED) is 0.737. The van der Waals surface area contributed by atoms with Crippen LogP contribution in [-0.4, -0.2) is 34.1 Å². The van der Waals surface area contributed by atoms with Crippen LogP contribution in [0.3, 0.4) is 0 Å². The average Bonchev–Trinajstić information content (AvgIpc) is 2.60. The smallest absolute Gasteiger partial charge is 0.243 e. The Hall–Kier alpha value is -2.58. The van der Waals surface area contributed by atoms with Crippen LogP contribution in [0.25, 0.3) is 0 Å². The fourth-order valence-electron chi connectivity index (χ4n) is 2.63. The van der Waals surface area contributed by atoms with Crippen molar-refractivity contribution in [1.29, 1.82) is 0 Å². The second-order valence-electron chi connectivity index (χ2n) is 7.25. The van der Waals surface area contributed by atoms with E-state index in [2.05, 4.69) is 10.0 Å². The van der Waals surface area contributed by atoms with Gasteiger partial charge in [0.1, 0.15) is 16.4 Å².